The van der Waals surface area contributed by atoms with Gasteiger partial charge in [-0.25, -0.2) is 4.79 Å². The molecule has 0 unspecified atom stereocenters. The van der Waals surface area contributed by atoms with Gasteiger partial charge in [0.25, 0.3) is 0 Å². The molecule has 2 amide bonds. The first-order valence-corrected chi connectivity index (χ1v) is 5.90. The molecule has 0 aromatic heterocycles. The molecule has 0 saturated carbocycles. The summed E-state index contributed by atoms with van der Waals surface area (Å²) in [4.78, 5) is 23.7. The molecule has 104 valence electrons. The van der Waals surface area contributed by atoms with Gasteiger partial charge in [0.1, 0.15) is 5.75 Å². The smallest absolute Gasteiger partial charge is 0.317 e. The van der Waals surface area contributed by atoms with Crippen LogP contribution in [0.1, 0.15) is 18.9 Å². The lowest BCUT2D eigenvalue weighted by atomic mass is 10.2. The topological polar surface area (TPSA) is 89.9 Å². The van der Waals surface area contributed by atoms with Crippen LogP contribution in [-0.4, -0.2) is 40.2 Å². The number of nitrogens with zero attached hydrogens (tertiary/aromatic N) is 1. The molecule has 3 N–H and O–H groups in total. The highest BCUT2D eigenvalue weighted by Gasteiger charge is 2.17. The summed E-state index contributed by atoms with van der Waals surface area (Å²) in [5.41, 5.74) is 0.852. The van der Waals surface area contributed by atoms with Crippen molar-refractivity contribution in [2.24, 2.45) is 0 Å². The van der Waals surface area contributed by atoms with Crippen molar-refractivity contribution in [3.05, 3.63) is 29.8 Å². The van der Waals surface area contributed by atoms with Crippen LogP contribution in [0.15, 0.2) is 24.3 Å². The zero-order chi connectivity index (χ0) is 14.4. The number of carboxylic acid groups (broad SMARTS) is 1. The van der Waals surface area contributed by atoms with Gasteiger partial charge >= 0.3 is 12.0 Å². The summed E-state index contributed by atoms with van der Waals surface area (Å²) >= 11 is 0. The van der Waals surface area contributed by atoms with Crippen LogP contribution in [0.2, 0.25) is 0 Å². The van der Waals surface area contributed by atoms with Gasteiger partial charge in [0.15, 0.2) is 0 Å². The Kier molecular flexibility index (Phi) is 5.17. The van der Waals surface area contributed by atoms with E-state index in [1.54, 1.807) is 26.1 Å². The molecule has 1 rings (SSSR count). The van der Waals surface area contributed by atoms with Gasteiger partial charge in [-0.3, -0.25) is 4.79 Å². The summed E-state index contributed by atoms with van der Waals surface area (Å²) in [5, 5.41) is 20.5. The normalized spacial score (nSPS) is 11.7. The van der Waals surface area contributed by atoms with E-state index in [2.05, 4.69) is 5.32 Å². The summed E-state index contributed by atoms with van der Waals surface area (Å²) in [5.74, 6) is -0.770. The monoisotopic (exact) mass is 266 g/mol. The summed E-state index contributed by atoms with van der Waals surface area (Å²) in [7, 11) is 1.56. The molecule has 0 aliphatic carbocycles. The lowest BCUT2D eigenvalue weighted by Crippen LogP contribution is -2.42. The van der Waals surface area contributed by atoms with Gasteiger partial charge in [0, 0.05) is 19.6 Å². The number of amides is 2. The lowest BCUT2D eigenvalue weighted by molar-refractivity contribution is -0.137. The van der Waals surface area contributed by atoms with E-state index in [4.69, 9.17) is 10.2 Å². The Labute approximate surface area is 111 Å². The highest BCUT2D eigenvalue weighted by atomic mass is 16.4. The van der Waals surface area contributed by atoms with Crippen LogP contribution < -0.4 is 5.32 Å². The average Bonchev–Trinajstić information content (AvgIpc) is 2.36. The maximum atomic E-state index is 11.8. The number of nitrogens with one attached hydrogen (secondary N) is 1. The Morgan fingerprint density at radius 3 is 2.42 bits per heavy atom. The molecular weight excluding hydrogens is 248 g/mol. The third kappa shape index (κ3) is 4.87. The number of carboxylic acids is 1. The van der Waals surface area contributed by atoms with Crippen molar-refractivity contribution < 1.29 is 19.8 Å². The Balaban J connectivity index is 2.46. The van der Waals surface area contributed by atoms with Crippen molar-refractivity contribution in [2.45, 2.75) is 25.9 Å². The molecule has 0 aliphatic rings. The largest absolute Gasteiger partial charge is 0.508 e. The van der Waals surface area contributed by atoms with E-state index in [1.165, 1.54) is 17.0 Å². The second-order valence-electron chi connectivity index (χ2n) is 4.38. The van der Waals surface area contributed by atoms with E-state index < -0.39 is 5.97 Å². The number of hydrogen-bond donors (Lipinski definition) is 3. The van der Waals surface area contributed by atoms with Gasteiger partial charge in [0.2, 0.25) is 0 Å². The fourth-order valence-corrected chi connectivity index (χ4v) is 1.51. The van der Waals surface area contributed by atoms with Gasteiger partial charge in [-0.05, 0) is 24.6 Å². The standard InChI is InChI=1S/C13H18N2O4/c1-9(7-12(17)18)15(2)13(19)14-8-10-3-5-11(16)6-4-10/h3-6,9,16H,7-8H2,1-2H3,(H,14,19)(H,17,18)/t9-/m0/s1. The Morgan fingerprint density at radius 1 is 1.32 bits per heavy atom. The molecule has 6 heteroatoms. The number of carbonyl (C=O) groups excluding carboxylic acids is 1. The molecule has 0 fully saturated rings. The van der Waals surface area contributed by atoms with Crippen LogP contribution in [0.25, 0.3) is 0 Å². The van der Waals surface area contributed by atoms with Crippen LogP contribution >= 0.6 is 0 Å². The highest BCUT2D eigenvalue weighted by Crippen LogP contribution is 2.09. The van der Waals surface area contributed by atoms with Gasteiger partial charge in [-0.1, -0.05) is 12.1 Å². The van der Waals surface area contributed by atoms with Crippen LogP contribution in [-0.2, 0) is 11.3 Å². The Hall–Kier alpha value is -2.24. The predicted octanol–water partition coefficient (Wildman–Crippen LogP) is 1.40. The molecule has 19 heavy (non-hydrogen) atoms. The predicted molar refractivity (Wildman–Crippen MR) is 69.8 cm³/mol. The third-order valence-electron chi connectivity index (χ3n) is 2.83. The molecule has 0 radical (unpaired) electrons. The second kappa shape index (κ2) is 6.63. The van der Waals surface area contributed by atoms with E-state index in [0.29, 0.717) is 6.54 Å². The van der Waals surface area contributed by atoms with Gasteiger partial charge in [-0.2, -0.15) is 0 Å². The Bertz CT molecular complexity index is 444. The molecule has 0 saturated heterocycles. The fraction of sp³-hybridized carbons (Fsp3) is 0.385. The molecule has 0 bridgehead atoms. The van der Waals surface area contributed by atoms with Crippen molar-refractivity contribution in [2.75, 3.05) is 7.05 Å². The third-order valence-corrected chi connectivity index (χ3v) is 2.83. The van der Waals surface area contributed by atoms with Crippen LogP contribution in [0, 0.1) is 0 Å². The van der Waals surface area contributed by atoms with Crippen molar-refractivity contribution in [1.29, 1.82) is 0 Å². The Morgan fingerprint density at radius 2 is 1.89 bits per heavy atom. The van der Waals surface area contributed by atoms with Crippen LogP contribution in [0.5, 0.6) is 5.75 Å². The van der Waals surface area contributed by atoms with Crippen LogP contribution in [0.3, 0.4) is 0 Å². The van der Waals surface area contributed by atoms with E-state index in [0.717, 1.165) is 5.56 Å². The number of benzene rings is 1. The first-order chi connectivity index (χ1) is 8.90. The zero-order valence-corrected chi connectivity index (χ0v) is 11.0. The fourth-order valence-electron chi connectivity index (χ4n) is 1.51. The highest BCUT2D eigenvalue weighted by molar-refractivity contribution is 5.75. The van der Waals surface area contributed by atoms with Gasteiger partial charge in [0.05, 0.1) is 6.42 Å². The number of urea groups is 1. The van der Waals surface area contributed by atoms with E-state index in [1.807, 2.05) is 0 Å². The van der Waals surface area contributed by atoms with Crippen molar-refractivity contribution in [3.63, 3.8) is 0 Å². The summed E-state index contributed by atoms with van der Waals surface area (Å²) in [6.07, 6.45) is -0.0941. The molecule has 1 aromatic carbocycles. The maximum absolute atomic E-state index is 11.8. The van der Waals surface area contributed by atoms with Gasteiger partial charge < -0.3 is 20.4 Å². The van der Waals surface area contributed by atoms with E-state index in [9.17, 15) is 9.59 Å². The zero-order valence-electron chi connectivity index (χ0n) is 11.0. The number of rotatable bonds is 5. The number of carbonyl (C=O) groups is 2. The number of aliphatic carboxylic acids is 1. The van der Waals surface area contributed by atoms with Crippen LogP contribution in [0.4, 0.5) is 4.79 Å². The molecule has 1 aromatic rings. The number of hydrogen-bond acceptors (Lipinski definition) is 3. The summed E-state index contributed by atoms with van der Waals surface area (Å²) in [6.45, 7) is 2.00. The first kappa shape index (κ1) is 14.8. The molecule has 6 nitrogen and oxygen atoms in total. The average molecular weight is 266 g/mol. The summed E-state index contributed by atoms with van der Waals surface area (Å²) < 4.78 is 0. The molecule has 0 aliphatic heterocycles. The minimum atomic E-state index is -0.939. The van der Waals surface area contributed by atoms with Crippen molar-refractivity contribution in [1.82, 2.24) is 10.2 Å². The van der Waals surface area contributed by atoms with E-state index >= 15 is 0 Å². The molecular formula is C13H18N2O4. The maximum Gasteiger partial charge on any atom is 0.317 e. The SMILES string of the molecule is C[C@@H](CC(=O)O)N(C)C(=O)NCc1ccc(O)cc1. The van der Waals surface area contributed by atoms with Crippen molar-refractivity contribution in [3.8, 4) is 5.75 Å². The summed E-state index contributed by atoms with van der Waals surface area (Å²) in [6, 6.07) is 5.78. The number of phenols is 1. The lowest BCUT2D eigenvalue weighted by Gasteiger charge is -2.23. The number of aromatic hydroxyl groups is 1. The molecule has 0 heterocycles. The number of phenolic OH excluding ortho intramolecular Hbond substituents is 1. The van der Waals surface area contributed by atoms with E-state index in [-0.39, 0.29) is 24.2 Å². The first-order valence-electron chi connectivity index (χ1n) is 5.90. The molecule has 0 spiro atoms. The van der Waals surface area contributed by atoms with Gasteiger partial charge in [-0.15, -0.1) is 0 Å². The second-order valence-corrected chi connectivity index (χ2v) is 4.38. The minimum Gasteiger partial charge on any atom is -0.508 e. The quantitative estimate of drug-likeness (QED) is 0.751. The minimum absolute atomic E-state index is 0.0941. The van der Waals surface area contributed by atoms with Crippen molar-refractivity contribution >= 4 is 12.0 Å². The molecule has 1 atom stereocenters.